The van der Waals surface area contributed by atoms with Gasteiger partial charge in [0.2, 0.25) is 15.9 Å². The van der Waals surface area contributed by atoms with Crippen LogP contribution >= 0.6 is 11.3 Å². The van der Waals surface area contributed by atoms with E-state index in [9.17, 15) is 13.2 Å². The molecule has 2 heterocycles. The van der Waals surface area contributed by atoms with Crippen molar-refractivity contribution in [3.8, 4) is 0 Å². The van der Waals surface area contributed by atoms with Crippen molar-refractivity contribution >= 4 is 27.3 Å². The lowest BCUT2D eigenvalue weighted by Gasteiger charge is -2.37. The highest BCUT2D eigenvalue weighted by atomic mass is 32.2. The van der Waals surface area contributed by atoms with Gasteiger partial charge in [-0.15, -0.1) is 11.3 Å². The molecule has 1 aromatic heterocycles. The number of hydrogen-bond acceptors (Lipinski definition) is 4. The number of sulfonamides is 1. The Kier molecular flexibility index (Phi) is 5.42. The van der Waals surface area contributed by atoms with Crippen LogP contribution in [-0.2, 0) is 21.2 Å². The molecule has 1 unspecified atom stereocenters. The number of thiophene rings is 1. The van der Waals surface area contributed by atoms with E-state index in [2.05, 4.69) is 11.4 Å². The molecule has 1 atom stereocenters. The minimum absolute atomic E-state index is 0.0918. The van der Waals surface area contributed by atoms with Crippen LogP contribution in [-0.4, -0.2) is 42.7 Å². The first-order valence-corrected chi connectivity index (χ1v) is 12.9. The maximum atomic E-state index is 13.6. The van der Waals surface area contributed by atoms with Crippen molar-refractivity contribution in [1.29, 1.82) is 0 Å². The highest BCUT2D eigenvalue weighted by Gasteiger charge is 2.41. The predicted molar refractivity (Wildman–Crippen MR) is 121 cm³/mol. The number of rotatable bonds is 6. The molecule has 7 heteroatoms. The van der Waals surface area contributed by atoms with E-state index in [1.54, 1.807) is 41.7 Å². The van der Waals surface area contributed by atoms with Crippen LogP contribution in [0.3, 0.4) is 0 Å². The lowest BCUT2D eigenvalue weighted by Crippen LogP contribution is -2.47. The standard InChI is InChI=1S/C24H24N2O3S2/c27-23(17-26(19-11-12-19)31(28,29)20-9-5-2-6-10-20)25-15-13-22-21(14-16-30-22)24(25)18-7-3-1-4-8-18/h1-10,14,16,19,24H,11-13,15,17H2. The highest BCUT2D eigenvalue weighted by Crippen LogP contribution is 2.38. The Morgan fingerprint density at radius 2 is 1.68 bits per heavy atom. The van der Waals surface area contributed by atoms with Gasteiger partial charge in [-0.1, -0.05) is 48.5 Å². The number of hydrogen-bond donors (Lipinski definition) is 0. The maximum absolute atomic E-state index is 13.6. The molecule has 2 aromatic carbocycles. The van der Waals surface area contributed by atoms with Gasteiger partial charge in [-0.05, 0) is 54.0 Å². The summed E-state index contributed by atoms with van der Waals surface area (Å²) < 4.78 is 28.0. The van der Waals surface area contributed by atoms with E-state index in [0.29, 0.717) is 6.54 Å². The van der Waals surface area contributed by atoms with Gasteiger partial charge < -0.3 is 4.90 Å². The van der Waals surface area contributed by atoms with Gasteiger partial charge in [-0.3, -0.25) is 4.79 Å². The first kappa shape index (κ1) is 20.4. The summed E-state index contributed by atoms with van der Waals surface area (Å²) in [6, 6.07) is 20.3. The summed E-state index contributed by atoms with van der Waals surface area (Å²) in [5.74, 6) is -0.142. The summed E-state index contributed by atoms with van der Waals surface area (Å²) in [5.41, 5.74) is 2.21. The van der Waals surface area contributed by atoms with Crippen LogP contribution in [0.4, 0.5) is 0 Å². The largest absolute Gasteiger partial charge is 0.330 e. The lowest BCUT2D eigenvalue weighted by atomic mass is 9.93. The zero-order valence-corrected chi connectivity index (χ0v) is 18.7. The zero-order chi connectivity index (χ0) is 21.4. The number of carbonyl (C=O) groups excluding carboxylic acids is 1. The van der Waals surface area contributed by atoms with Gasteiger partial charge >= 0.3 is 0 Å². The van der Waals surface area contributed by atoms with Gasteiger partial charge in [0.1, 0.15) is 0 Å². The summed E-state index contributed by atoms with van der Waals surface area (Å²) in [5, 5.41) is 2.07. The summed E-state index contributed by atoms with van der Waals surface area (Å²) in [6.07, 6.45) is 2.41. The zero-order valence-electron chi connectivity index (χ0n) is 17.1. The Balaban J connectivity index is 1.46. The van der Waals surface area contributed by atoms with Crippen LogP contribution < -0.4 is 0 Å². The minimum Gasteiger partial charge on any atom is -0.330 e. The molecule has 1 amide bonds. The fraction of sp³-hybridized carbons (Fsp3) is 0.292. The summed E-state index contributed by atoms with van der Waals surface area (Å²) in [7, 11) is -3.72. The molecule has 2 aliphatic rings. The van der Waals surface area contributed by atoms with Crippen molar-refractivity contribution in [2.75, 3.05) is 13.1 Å². The van der Waals surface area contributed by atoms with E-state index in [0.717, 1.165) is 30.4 Å². The molecule has 160 valence electrons. The SMILES string of the molecule is O=C(CN(C1CC1)S(=O)(=O)c1ccccc1)N1CCc2sccc2C1c1ccccc1. The number of fused-ring (bicyclic) bond motifs is 1. The second-order valence-electron chi connectivity index (χ2n) is 8.04. The highest BCUT2D eigenvalue weighted by molar-refractivity contribution is 7.89. The Labute approximate surface area is 187 Å². The molecule has 3 aromatic rings. The average Bonchev–Trinajstić information content (AvgIpc) is 3.53. The van der Waals surface area contributed by atoms with Crippen molar-refractivity contribution in [1.82, 2.24) is 9.21 Å². The van der Waals surface area contributed by atoms with Gasteiger partial charge in [0, 0.05) is 17.5 Å². The Morgan fingerprint density at radius 1 is 1.00 bits per heavy atom. The van der Waals surface area contributed by atoms with Crippen molar-refractivity contribution < 1.29 is 13.2 Å². The topological polar surface area (TPSA) is 57.7 Å². The molecule has 1 saturated carbocycles. The quantitative estimate of drug-likeness (QED) is 0.566. The van der Waals surface area contributed by atoms with E-state index >= 15 is 0 Å². The van der Waals surface area contributed by atoms with Crippen molar-refractivity contribution in [3.63, 3.8) is 0 Å². The van der Waals surface area contributed by atoms with Crippen molar-refractivity contribution in [2.24, 2.45) is 0 Å². The Morgan fingerprint density at radius 3 is 2.35 bits per heavy atom. The molecule has 5 rings (SSSR count). The fourth-order valence-corrected chi connectivity index (χ4v) is 6.86. The molecule has 0 radical (unpaired) electrons. The van der Waals surface area contributed by atoms with Gasteiger partial charge in [-0.2, -0.15) is 4.31 Å². The smallest absolute Gasteiger partial charge is 0.243 e. The molecule has 0 saturated heterocycles. The summed E-state index contributed by atoms with van der Waals surface area (Å²) >= 11 is 1.72. The van der Waals surface area contributed by atoms with Crippen LogP contribution in [0.2, 0.25) is 0 Å². The van der Waals surface area contributed by atoms with Crippen LogP contribution in [0.15, 0.2) is 77.0 Å². The third-order valence-electron chi connectivity index (χ3n) is 6.00. The first-order chi connectivity index (χ1) is 15.1. The third kappa shape index (κ3) is 3.93. The first-order valence-electron chi connectivity index (χ1n) is 10.5. The molecule has 1 fully saturated rings. The van der Waals surface area contributed by atoms with E-state index in [4.69, 9.17) is 0 Å². The van der Waals surface area contributed by atoms with Gasteiger partial charge in [0.25, 0.3) is 0 Å². The summed E-state index contributed by atoms with van der Waals surface area (Å²) in [4.78, 5) is 17.0. The number of benzene rings is 2. The van der Waals surface area contributed by atoms with Crippen LogP contribution in [0.1, 0.15) is 34.9 Å². The predicted octanol–water partition coefficient (Wildman–Crippen LogP) is 4.08. The molecular weight excluding hydrogens is 428 g/mol. The number of amides is 1. The normalized spacial score (nSPS) is 18.7. The van der Waals surface area contributed by atoms with Crippen LogP contribution in [0, 0.1) is 0 Å². The van der Waals surface area contributed by atoms with E-state index in [-0.39, 0.29) is 29.4 Å². The molecule has 5 nitrogen and oxygen atoms in total. The molecule has 0 N–H and O–H groups in total. The van der Waals surface area contributed by atoms with E-state index in [1.165, 1.54) is 9.18 Å². The Bertz CT molecular complexity index is 1170. The van der Waals surface area contributed by atoms with Crippen molar-refractivity contribution in [2.45, 2.75) is 36.2 Å². The maximum Gasteiger partial charge on any atom is 0.243 e. The number of carbonyl (C=O) groups is 1. The van der Waals surface area contributed by atoms with Crippen molar-refractivity contribution in [3.05, 3.63) is 88.1 Å². The Hall–Kier alpha value is -2.48. The second kappa shape index (κ2) is 8.22. The average molecular weight is 453 g/mol. The van der Waals surface area contributed by atoms with E-state index < -0.39 is 10.0 Å². The van der Waals surface area contributed by atoms with Gasteiger partial charge in [-0.25, -0.2) is 8.42 Å². The fourth-order valence-electron chi connectivity index (χ4n) is 4.30. The monoisotopic (exact) mass is 452 g/mol. The van der Waals surface area contributed by atoms with Gasteiger partial charge in [0.05, 0.1) is 17.5 Å². The second-order valence-corrected chi connectivity index (χ2v) is 10.9. The van der Waals surface area contributed by atoms with E-state index in [1.807, 2.05) is 35.2 Å². The van der Waals surface area contributed by atoms with Crippen LogP contribution in [0.5, 0.6) is 0 Å². The lowest BCUT2D eigenvalue weighted by molar-refractivity contribution is -0.133. The van der Waals surface area contributed by atoms with Gasteiger partial charge in [0.15, 0.2) is 0 Å². The summed E-state index contributed by atoms with van der Waals surface area (Å²) in [6.45, 7) is 0.473. The third-order valence-corrected chi connectivity index (χ3v) is 8.91. The molecule has 1 aliphatic carbocycles. The molecule has 0 bridgehead atoms. The minimum atomic E-state index is -3.72. The number of nitrogens with zero attached hydrogens (tertiary/aromatic N) is 2. The molecule has 31 heavy (non-hydrogen) atoms. The van der Waals surface area contributed by atoms with Crippen LogP contribution in [0.25, 0.3) is 0 Å². The molecule has 0 spiro atoms. The molecule has 1 aliphatic heterocycles. The molecular formula is C24H24N2O3S2.